The molecule has 2 N–H and O–H groups in total. The standard InChI is InChI=1S/C17H21ClN4O/c1-17(2,16-20-9-13-12(18)4-3-5-22(13)16)21-15(23)14-10-6-11(14)8-19-7-10/h3-5,9-11,14,19H,6-8H2,1-2H3,(H,21,23)/t10-,11+,14?. The van der Waals surface area contributed by atoms with Crippen molar-refractivity contribution in [3.63, 3.8) is 0 Å². The molecular weight excluding hydrogens is 312 g/mol. The molecule has 1 aliphatic carbocycles. The van der Waals surface area contributed by atoms with Crippen LogP contribution in [0.25, 0.3) is 5.52 Å². The van der Waals surface area contributed by atoms with Crippen molar-refractivity contribution >= 4 is 23.0 Å². The Morgan fingerprint density at radius 2 is 2.17 bits per heavy atom. The summed E-state index contributed by atoms with van der Waals surface area (Å²) in [6.07, 6.45) is 4.86. The predicted molar refractivity (Wildman–Crippen MR) is 89.3 cm³/mol. The summed E-state index contributed by atoms with van der Waals surface area (Å²) in [5.41, 5.74) is 0.307. The van der Waals surface area contributed by atoms with Crippen LogP contribution in [-0.2, 0) is 10.3 Å². The highest BCUT2D eigenvalue weighted by Crippen LogP contribution is 2.43. The summed E-state index contributed by atoms with van der Waals surface area (Å²) < 4.78 is 1.95. The van der Waals surface area contributed by atoms with E-state index in [9.17, 15) is 4.79 Å². The molecule has 23 heavy (non-hydrogen) atoms. The van der Waals surface area contributed by atoms with Gasteiger partial charge in [0, 0.05) is 12.1 Å². The lowest BCUT2D eigenvalue weighted by Crippen LogP contribution is -2.60. The molecule has 1 amide bonds. The third-order valence-corrected chi connectivity index (χ3v) is 5.57. The molecule has 2 aromatic heterocycles. The summed E-state index contributed by atoms with van der Waals surface area (Å²) in [5.74, 6) is 2.06. The fourth-order valence-electron chi connectivity index (χ4n) is 4.07. The Balaban J connectivity index is 1.59. The van der Waals surface area contributed by atoms with Gasteiger partial charge in [0.1, 0.15) is 5.82 Å². The zero-order valence-corrected chi connectivity index (χ0v) is 14.1. The van der Waals surface area contributed by atoms with Gasteiger partial charge in [0.05, 0.1) is 22.3 Å². The van der Waals surface area contributed by atoms with Gasteiger partial charge in [-0.15, -0.1) is 0 Å². The average Bonchev–Trinajstić information content (AvgIpc) is 2.93. The van der Waals surface area contributed by atoms with E-state index in [1.165, 1.54) is 6.42 Å². The highest BCUT2D eigenvalue weighted by Gasteiger charge is 2.48. The molecule has 0 aromatic carbocycles. The van der Waals surface area contributed by atoms with Crippen LogP contribution in [0.1, 0.15) is 26.1 Å². The monoisotopic (exact) mass is 332 g/mol. The first kappa shape index (κ1) is 15.0. The molecule has 2 fully saturated rings. The van der Waals surface area contributed by atoms with Crippen LogP contribution in [0.3, 0.4) is 0 Å². The number of fused-ring (bicyclic) bond motifs is 3. The quantitative estimate of drug-likeness (QED) is 0.906. The first-order valence-corrected chi connectivity index (χ1v) is 8.50. The highest BCUT2D eigenvalue weighted by molar-refractivity contribution is 6.33. The molecule has 0 radical (unpaired) electrons. The van der Waals surface area contributed by atoms with Gasteiger partial charge in [-0.25, -0.2) is 4.98 Å². The number of pyridine rings is 1. The molecule has 4 rings (SSSR count). The maximum atomic E-state index is 12.8. The Hall–Kier alpha value is -1.59. The fraction of sp³-hybridized carbons (Fsp3) is 0.529. The average molecular weight is 333 g/mol. The van der Waals surface area contributed by atoms with Gasteiger partial charge in [0.15, 0.2) is 0 Å². The Morgan fingerprint density at radius 3 is 2.87 bits per heavy atom. The number of amides is 1. The lowest BCUT2D eigenvalue weighted by molar-refractivity contribution is -0.138. The summed E-state index contributed by atoms with van der Waals surface area (Å²) in [7, 11) is 0. The number of aromatic nitrogens is 2. The van der Waals surface area contributed by atoms with Gasteiger partial charge in [-0.05, 0) is 57.3 Å². The van der Waals surface area contributed by atoms with Gasteiger partial charge < -0.3 is 15.0 Å². The lowest BCUT2D eigenvalue weighted by atomic mass is 9.61. The van der Waals surface area contributed by atoms with Gasteiger partial charge in [0.2, 0.25) is 5.91 Å². The van der Waals surface area contributed by atoms with Gasteiger partial charge in [-0.1, -0.05) is 11.6 Å². The van der Waals surface area contributed by atoms with Gasteiger partial charge in [-0.2, -0.15) is 0 Å². The molecule has 1 aliphatic heterocycles. The van der Waals surface area contributed by atoms with E-state index in [-0.39, 0.29) is 11.8 Å². The normalized spacial score (nSPS) is 26.8. The summed E-state index contributed by atoms with van der Waals surface area (Å²) in [5, 5.41) is 7.25. The summed E-state index contributed by atoms with van der Waals surface area (Å²) in [6.45, 7) is 5.90. The third-order valence-electron chi connectivity index (χ3n) is 5.25. The van der Waals surface area contributed by atoms with E-state index in [1.54, 1.807) is 6.20 Å². The van der Waals surface area contributed by atoms with Crippen molar-refractivity contribution < 1.29 is 4.79 Å². The number of carbonyl (C=O) groups is 1. The second-order valence-corrected chi connectivity index (χ2v) is 7.65. The van der Waals surface area contributed by atoms with Crippen molar-refractivity contribution in [2.45, 2.75) is 25.8 Å². The van der Waals surface area contributed by atoms with Crippen LogP contribution in [0.5, 0.6) is 0 Å². The van der Waals surface area contributed by atoms with E-state index in [0.717, 1.165) is 24.4 Å². The first-order chi connectivity index (χ1) is 11.0. The zero-order chi connectivity index (χ0) is 16.2. The summed E-state index contributed by atoms with van der Waals surface area (Å²) >= 11 is 6.22. The number of imidazole rings is 1. The van der Waals surface area contributed by atoms with Crippen molar-refractivity contribution in [1.29, 1.82) is 0 Å². The molecule has 122 valence electrons. The second-order valence-electron chi connectivity index (χ2n) is 7.25. The molecule has 0 spiro atoms. The van der Waals surface area contributed by atoms with Gasteiger partial charge in [0.25, 0.3) is 0 Å². The Bertz CT molecular complexity index is 755. The SMILES string of the molecule is CC(C)(NC(=O)C1[C@@H]2CNC[C@H]1C2)c1ncc2c(Cl)cccn12. The fourth-order valence-corrected chi connectivity index (χ4v) is 4.28. The lowest BCUT2D eigenvalue weighted by Gasteiger charge is -2.49. The van der Waals surface area contributed by atoms with E-state index in [0.29, 0.717) is 16.9 Å². The maximum Gasteiger partial charge on any atom is 0.224 e. The number of piperidine rings is 2. The van der Waals surface area contributed by atoms with Crippen LogP contribution in [0.4, 0.5) is 0 Å². The number of hydrogen-bond acceptors (Lipinski definition) is 3. The molecule has 3 heterocycles. The van der Waals surface area contributed by atoms with Crippen LogP contribution in [0.2, 0.25) is 5.02 Å². The van der Waals surface area contributed by atoms with Crippen molar-refractivity contribution in [3.05, 3.63) is 35.4 Å². The van der Waals surface area contributed by atoms with E-state index in [2.05, 4.69) is 15.6 Å². The van der Waals surface area contributed by atoms with E-state index < -0.39 is 5.54 Å². The van der Waals surface area contributed by atoms with Gasteiger partial charge in [-0.3, -0.25) is 4.79 Å². The Labute approximate surface area is 140 Å². The molecule has 2 aromatic rings. The third kappa shape index (κ3) is 2.34. The van der Waals surface area contributed by atoms with Crippen molar-refractivity contribution in [1.82, 2.24) is 20.0 Å². The molecule has 1 saturated carbocycles. The highest BCUT2D eigenvalue weighted by atomic mass is 35.5. The minimum Gasteiger partial charge on any atom is -0.344 e. The van der Waals surface area contributed by atoms with Crippen LogP contribution in [0, 0.1) is 17.8 Å². The molecule has 5 nitrogen and oxygen atoms in total. The number of hydrogen-bond donors (Lipinski definition) is 2. The summed E-state index contributed by atoms with van der Waals surface area (Å²) in [6, 6.07) is 3.73. The van der Waals surface area contributed by atoms with Crippen LogP contribution in [-0.4, -0.2) is 28.4 Å². The van der Waals surface area contributed by atoms with Crippen LogP contribution in [0.15, 0.2) is 24.5 Å². The summed E-state index contributed by atoms with van der Waals surface area (Å²) in [4.78, 5) is 17.3. The minimum absolute atomic E-state index is 0.144. The zero-order valence-electron chi connectivity index (χ0n) is 13.3. The largest absolute Gasteiger partial charge is 0.344 e. The van der Waals surface area contributed by atoms with Crippen molar-refractivity contribution in [2.24, 2.45) is 17.8 Å². The molecular formula is C17H21ClN4O. The van der Waals surface area contributed by atoms with Crippen molar-refractivity contribution in [2.75, 3.05) is 13.1 Å². The molecule has 1 saturated heterocycles. The number of nitrogens with zero attached hydrogens (tertiary/aromatic N) is 2. The van der Waals surface area contributed by atoms with Crippen LogP contribution < -0.4 is 10.6 Å². The van der Waals surface area contributed by atoms with Crippen LogP contribution >= 0.6 is 11.6 Å². The Morgan fingerprint density at radius 1 is 1.43 bits per heavy atom. The van der Waals surface area contributed by atoms with E-state index in [4.69, 9.17) is 11.6 Å². The molecule has 2 aliphatic rings. The smallest absolute Gasteiger partial charge is 0.224 e. The number of nitrogens with one attached hydrogen (secondary N) is 2. The molecule has 1 unspecified atom stereocenters. The van der Waals surface area contributed by atoms with Crippen molar-refractivity contribution in [3.8, 4) is 0 Å². The number of carbonyl (C=O) groups excluding carboxylic acids is 1. The molecule has 2 bridgehead atoms. The van der Waals surface area contributed by atoms with E-state index in [1.807, 2.05) is 36.6 Å². The maximum absolute atomic E-state index is 12.8. The van der Waals surface area contributed by atoms with E-state index >= 15 is 0 Å². The minimum atomic E-state index is -0.550. The number of halogens is 1. The molecule has 3 atom stereocenters. The molecule has 6 heteroatoms. The first-order valence-electron chi connectivity index (χ1n) is 8.12. The number of rotatable bonds is 3. The Kier molecular flexibility index (Phi) is 3.39. The second kappa shape index (κ2) is 5.21. The van der Waals surface area contributed by atoms with Gasteiger partial charge >= 0.3 is 0 Å². The topological polar surface area (TPSA) is 58.4 Å². The predicted octanol–water partition coefficient (Wildman–Crippen LogP) is 2.19.